The molecule has 0 aliphatic carbocycles. The van der Waals surface area contributed by atoms with E-state index < -0.39 is 18.4 Å². The third-order valence-electron chi connectivity index (χ3n) is 4.29. The normalized spacial score (nSPS) is 10.5. The van der Waals surface area contributed by atoms with Crippen LogP contribution in [-0.2, 0) is 9.59 Å². The summed E-state index contributed by atoms with van der Waals surface area (Å²) in [5.41, 5.74) is 2.98. The number of pyridine rings is 1. The minimum Gasteiger partial charge on any atom is -0.496 e. The van der Waals surface area contributed by atoms with E-state index in [2.05, 4.69) is 21.7 Å². The molecule has 1 aromatic heterocycles. The van der Waals surface area contributed by atoms with E-state index in [1.807, 2.05) is 43.3 Å². The summed E-state index contributed by atoms with van der Waals surface area (Å²) < 4.78 is 5.51. The standard InChI is InChI=1S/C21H21N3O4/c1-13-7-8-18(28-2)16(9-13)17-10-23-21(15-6-4-3-5-14(15)17)24-11-19(25)22-12-20(26)27/h3-10H,11-12H2,1-2H3,(H,22,25)(H,23,24)(H,26,27). The second kappa shape index (κ2) is 8.39. The van der Waals surface area contributed by atoms with Crippen molar-refractivity contribution in [1.29, 1.82) is 0 Å². The zero-order chi connectivity index (χ0) is 20.1. The largest absolute Gasteiger partial charge is 0.496 e. The van der Waals surface area contributed by atoms with Crippen molar-refractivity contribution in [3.63, 3.8) is 0 Å². The number of ether oxygens (including phenoxy) is 1. The Balaban J connectivity index is 1.95. The van der Waals surface area contributed by atoms with Crippen LogP contribution in [0.3, 0.4) is 0 Å². The number of carbonyl (C=O) groups excluding carboxylic acids is 1. The Morgan fingerprint density at radius 3 is 2.54 bits per heavy atom. The molecule has 0 saturated carbocycles. The maximum absolute atomic E-state index is 11.8. The van der Waals surface area contributed by atoms with Crippen molar-refractivity contribution in [3.8, 4) is 16.9 Å². The molecule has 2 aromatic carbocycles. The molecule has 0 bridgehead atoms. The van der Waals surface area contributed by atoms with E-state index >= 15 is 0 Å². The first-order chi connectivity index (χ1) is 13.5. The van der Waals surface area contributed by atoms with Crippen LogP contribution in [0.5, 0.6) is 5.75 Å². The van der Waals surface area contributed by atoms with Crippen LogP contribution in [0.1, 0.15) is 5.56 Å². The van der Waals surface area contributed by atoms with Gasteiger partial charge in [0.25, 0.3) is 0 Å². The van der Waals surface area contributed by atoms with Gasteiger partial charge in [0.15, 0.2) is 0 Å². The van der Waals surface area contributed by atoms with Gasteiger partial charge in [-0.15, -0.1) is 0 Å². The molecule has 3 rings (SSSR count). The number of anilines is 1. The maximum atomic E-state index is 11.8. The lowest BCUT2D eigenvalue weighted by atomic mass is 9.98. The van der Waals surface area contributed by atoms with Crippen molar-refractivity contribution >= 4 is 28.5 Å². The average Bonchev–Trinajstić information content (AvgIpc) is 2.70. The van der Waals surface area contributed by atoms with Crippen molar-refractivity contribution in [3.05, 3.63) is 54.2 Å². The Labute approximate surface area is 162 Å². The summed E-state index contributed by atoms with van der Waals surface area (Å²) in [6.07, 6.45) is 1.75. The van der Waals surface area contributed by atoms with Gasteiger partial charge >= 0.3 is 5.97 Å². The number of rotatable bonds is 7. The van der Waals surface area contributed by atoms with E-state index in [0.717, 1.165) is 33.2 Å². The summed E-state index contributed by atoms with van der Waals surface area (Å²) in [6.45, 7) is 1.53. The van der Waals surface area contributed by atoms with Crippen LogP contribution in [0.15, 0.2) is 48.7 Å². The number of hydrogen-bond acceptors (Lipinski definition) is 5. The predicted molar refractivity (Wildman–Crippen MR) is 108 cm³/mol. The Hall–Kier alpha value is -3.61. The lowest BCUT2D eigenvalue weighted by Crippen LogP contribution is -2.34. The molecule has 0 aliphatic rings. The zero-order valence-electron chi connectivity index (χ0n) is 15.7. The molecule has 1 heterocycles. The monoisotopic (exact) mass is 379 g/mol. The van der Waals surface area contributed by atoms with E-state index in [9.17, 15) is 9.59 Å². The van der Waals surface area contributed by atoms with E-state index in [0.29, 0.717) is 5.82 Å². The number of fused-ring (bicyclic) bond motifs is 1. The molecule has 7 heteroatoms. The topological polar surface area (TPSA) is 101 Å². The average molecular weight is 379 g/mol. The number of amides is 1. The number of aromatic nitrogens is 1. The highest BCUT2D eigenvalue weighted by Gasteiger charge is 2.13. The van der Waals surface area contributed by atoms with Crippen LogP contribution < -0.4 is 15.4 Å². The highest BCUT2D eigenvalue weighted by molar-refractivity contribution is 6.03. The van der Waals surface area contributed by atoms with E-state index in [4.69, 9.17) is 9.84 Å². The van der Waals surface area contributed by atoms with Gasteiger partial charge in [0.05, 0.1) is 13.7 Å². The van der Waals surface area contributed by atoms with Crippen LogP contribution in [-0.4, -0.2) is 42.2 Å². The highest BCUT2D eigenvalue weighted by Crippen LogP contribution is 2.37. The number of carbonyl (C=O) groups is 2. The second-order valence-corrected chi connectivity index (χ2v) is 6.29. The molecule has 0 saturated heterocycles. The fourth-order valence-corrected chi connectivity index (χ4v) is 2.98. The van der Waals surface area contributed by atoms with Gasteiger partial charge in [0.2, 0.25) is 5.91 Å². The quantitative estimate of drug-likeness (QED) is 0.584. The summed E-state index contributed by atoms with van der Waals surface area (Å²) in [6, 6.07) is 13.7. The van der Waals surface area contributed by atoms with E-state index in [1.165, 1.54) is 0 Å². The molecule has 28 heavy (non-hydrogen) atoms. The number of aliphatic carboxylic acids is 1. The molecule has 1 amide bonds. The number of hydrogen-bond donors (Lipinski definition) is 3. The Morgan fingerprint density at radius 1 is 1.07 bits per heavy atom. The number of aryl methyl sites for hydroxylation is 1. The summed E-state index contributed by atoms with van der Waals surface area (Å²) in [4.78, 5) is 26.8. The van der Waals surface area contributed by atoms with Gasteiger partial charge in [0, 0.05) is 22.7 Å². The SMILES string of the molecule is COc1ccc(C)cc1-c1cnc(NCC(=O)NCC(=O)O)c2ccccc12. The van der Waals surface area contributed by atoms with Gasteiger partial charge in [-0.05, 0) is 24.4 Å². The minimum atomic E-state index is -1.09. The summed E-state index contributed by atoms with van der Waals surface area (Å²) in [7, 11) is 1.63. The Morgan fingerprint density at radius 2 is 1.82 bits per heavy atom. The molecule has 0 atom stereocenters. The van der Waals surface area contributed by atoms with Crippen LogP contribution in [0.2, 0.25) is 0 Å². The molecule has 7 nitrogen and oxygen atoms in total. The highest BCUT2D eigenvalue weighted by atomic mass is 16.5. The van der Waals surface area contributed by atoms with Gasteiger partial charge in [-0.1, -0.05) is 35.9 Å². The number of carboxylic acids is 1. The third kappa shape index (κ3) is 4.20. The van der Waals surface area contributed by atoms with Gasteiger partial charge in [-0.3, -0.25) is 9.59 Å². The van der Waals surface area contributed by atoms with Crippen molar-refractivity contribution in [2.24, 2.45) is 0 Å². The van der Waals surface area contributed by atoms with Crippen molar-refractivity contribution < 1.29 is 19.4 Å². The van der Waals surface area contributed by atoms with Gasteiger partial charge in [0.1, 0.15) is 18.1 Å². The van der Waals surface area contributed by atoms with Gasteiger partial charge in [-0.2, -0.15) is 0 Å². The molecule has 0 unspecified atom stereocenters. The lowest BCUT2D eigenvalue weighted by molar-refractivity contribution is -0.137. The van der Waals surface area contributed by atoms with Gasteiger partial charge < -0.3 is 20.5 Å². The fraction of sp³-hybridized carbons (Fsp3) is 0.190. The van der Waals surface area contributed by atoms with Crippen LogP contribution in [0.4, 0.5) is 5.82 Å². The molecule has 3 N–H and O–H groups in total. The summed E-state index contributed by atoms with van der Waals surface area (Å²) in [5.74, 6) is -0.200. The summed E-state index contributed by atoms with van der Waals surface area (Å²) >= 11 is 0. The molecular weight excluding hydrogens is 358 g/mol. The number of carboxylic acid groups (broad SMARTS) is 1. The first kappa shape index (κ1) is 19.2. The lowest BCUT2D eigenvalue weighted by Gasteiger charge is -2.14. The minimum absolute atomic E-state index is 0.0720. The molecule has 0 radical (unpaired) electrons. The summed E-state index contributed by atoms with van der Waals surface area (Å²) in [5, 5.41) is 15.8. The second-order valence-electron chi connectivity index (χ2n) is 6.29. The first-order valence-corrected chi connectivity index (χ1v) is 8.74. The number of nitrogens with one attached hydrogen (secondary N) is 2. The molecule has 144 valence electrons. The third-order valence-corrected chi connectivity index (χ3v) is 4.29. The molecular formula is C21H21N3O4. The molecule has 0 fully saturated rings. The van der Waals surface area contributed by atoms with Crippen LogP contribution in [0.25, 0.3) is 21.9 Å². The van der Waals surface area contributed by atoms with E-state index in [1.54, 1.807) is 13.3 Å². The van der Waals surface area contributed by atoms with Crippen LogP contribution >= 0.6 is 0 Å². The maximum Gasteiger partial charge on any atom is 0.322 e. The molecule has 0 aliphatic heterocycles. The number of benzene rings is 2. The fourth-order valence-electron chi connectivity index (χ4n) is 2.98. The van der Waals surface area contributed by atoms with Crippen LogP contribution in [0, 0.1) is 6.92 Å². The van der Waals surface area contributed by atoms with E-state index in [-0.39, 0.29) is 6.54 Å². The smallest absolute Gasteiger partial charge is 0.322 e. The van der Waals surface area contributed by atoms with Crippen molar-refractivity contribution in [1.82, 2.24) is 10.3 Å². The predicted octanol–water partition coefficient (Wildman–Crippen LogP) is 2.83. The number of nitrogens with zero attached hydrogens (tertiary/aromatic N) is 1. The Bertz CT molecular complexity index is 1030. The van der Waals surface area contributed by atoms with Gasteiger partial charge in [-0.25, -0.2) is 4.98 Å². The molecule has 3 aromatic rings. The zero-order valence-corrected chi connectivity index (χ0v) is 15.7. The first-order valence-electron chi connectivity index (χ1n) is 8.74. The van der Waals surface area contributed by atoms with Crippen molar-refractivity contribution in [2.75, 3.05) is 25.5 Å². The Kier molecular flexibility index (Phi) is 5.74. The van der Waals surface area contributed by atoms with Crippen molar-refractivity contribution in [2.45, 2.75) is 6.92 Å². The molecule has 0 spiro atoms. The number of methoxy groups -OCH3 is 1.